The lowest BCUT2D eigenvalue weighted by atomic mass is 9.92. The van der Waals surface area contributed by atoms with E-state index < -0.39 is 10.0 Å². The van der Waals surface area contributed by atoms with Crippen molar-refractivity contribution < 1.29 is 13.2 Å². The molecule has 1 fully saturated rings. The van der Waals surface area contributed by atoms with Gasteiger partial charge in [-0.1, -0.05) is 19.9 Å². The van der Waals surface area contributed by atoms with Crippen molar-refractivity contribution in [1.29, 1.82) is 0 Å². The van der Waals surface area contributed by atoms with Gasteiger partial charge in [0.1, 0.15) is 0 Å². The van der Waals surface area contributed by atoms with Crippen LogP contribution in [0.15, 0.2) is 23.1 Å². The second kappa shape index (κ2) is 7.85. The molecule has 1 aliphatic heterocycles. The first-order chi connectivity index (χ1) is 11.6. The van der Waals surface area contributed by atoms with Crippen molar-refractivity contribution in [2.75, 3.05) is 39.0 Å². The molecule has 25 heavy (non-hydrogen) atoms. The number of nitrogens with zero attached hydrogens (tertiary/aromatic N) is 2. The van der Waals surface area contributed by atoms with Gasteiger partial charge in [0.15, 0.2) is 0 Å². The zero-order chi connectivity index (χ0) is 18.8. The molecule has 0 saturated carbocycles. The number of amides is 1. The number of piperidine rings is 1. The Kier molecular flexibility index (Phi) is 6.24. The van der Waals surface area contributed by atoms with Crippen LogP contribution in [-0.4, -0.2) is 57.3 Å². The molecule has 2 unspecified atom stereocenters. The van der Waals surface area contributed by atoms with E-state index in [9.17, 15) is 13.2 Å². The maximum absolute atomic E-state index is 12.4. The first-order valence-electron chi connectivity index (χ1n) is 8.65. The molecule has 2 rings (SSSR count). The lowest BCUT2D eigenvalue weighted by Crippen LogP contribution is -2.42. The van der Waals surface area contributed by atoms with Crippen LogP contribution >= 0.6 is 0 Å². The number of carbonyl (C=O) groups excluding carboxylic acids is 1. The number of hydrogen-bond acceptors (Lipinski definition) is 4. The molecule has 0 radical (unpaired) electrons. The molecule has 0 aliphatic carbocycles. The minimum Gasteiger partial charge on any atom is -0.325 e. The summed E-state index contributed by atoms with van der Waals surface area (Å²) >= 11 is 0. The van der Waals surface area contributed by atoms with Gasteiger partial charge in [-0.2, -0.15) is 0 Å². The summed E-state index contributed by atoms with van der Waals surface area (Å²) < 4.78 is 25.7. The fourth-order valence-corrected chi connectivity index (χ4v) is 4.35. The van der Waals surface area contributed by atoms with Crippen LogP contribution in [-0.2, 0) is 14.8 Å². The number of aryl methyl sites for hydroxylation is 1. The van der Waals surface area contributed by atoms with Crippen LogP contribution in [0.5, 0.6) is 0 Å². The van der Waals surface area contributed by atoms with Gasteiger partial charge >= 0.3 is 0 Å². The lowest BCUT2D eigenvalue weighted by Gasteiger charge is -2.34. The predicted octanol–water partition coefficient (Wildman–Crippen LogP) is 2.16. The zero-order valence-corrected chi connectivity index (χ0v) is 16.6. The number of likely N-dealkylation sites (tertiary alicyclic amines) is 1. The highest BCUT2D eigenvalue weighted by molar-refractivity contribution is 7.89. The highest BCUT2D eigenvalue weighted by Gasteiger charge is 2.24. The van der Waals surface area contributed by atoms with Gasteiger partial charge in [0.05, 0.1) is 11.4 Å². The number of benzene rings is 1. The Morgan fingerprint density at radius 2 is 1.84 bits per heavy atom. The Morgan fingerprint density at radius 3 is 2.40 bits per heavy atom. The van der Waals surface area contributed by atoms with E-state index in [0.717, 1.165) is 18.7 Å². The van der Waals surface area contributed by atoms with Crippen molar-refractivity contribution >= 4 is 21.6 Å². The molecule has 1 amide bonds. The summed E-state index contributed by atoms with van der Waals surface area (Å²) in [7, 11) is -0.538. The molecular formula is C18H29N3O3S. The van der Waals surface area contributed by atoms with Crippen molar-refractivity contribution in [3.63, 3.8) is 0 Å². The largest absolute Gasteiger partial charge is 0.325 e. The Labute approximate surface area is 151 Å². The molecule has 1 aromatic rings. The van der Waals surface area contributed by atoms with Gasteiger partial charge in [0.2, 0.25) is 15.9 Å². The Hall–Kier alpha value is -1.44. The molecule has 2 atom stereocenters. The summed E-state index contributed by atoms with van der Waals surface area (Å²) in [4.78, 5) is 14.8. The van der Waals surface area contributed by atoms with E-state index in [1.165, 1.54) is 30.9 Å². The Morgan fingerprint density at radius 1 is 1.24 bits per heavy atom. The van der Waals surface area contributed by atoms with Gasteiger partial charge in [-0.25, -0.2) is 12.7 Å². The number of hydrogen-bond donors (Lipinski definition) is 1. The number of nitrogens with one attached hydrogen (secondary N) is 1. The van der Waals surface area contributed by atoms with Crippen LogP contribution in [0.3, 0.4) is 0 Å². The summed E-state index contributed by atoms with van der Waals surface area (Å²) in [6.45, 7) is 8.45. The first-order valence-corrected chi connectivity index (χ1v) is 10.1. The van der Waals surface area contributed by atoms with E-state index in [2.05, 4.69) is 24.1 Å². The van der Waals surface area contributed by atoms with Gasteiger partial charge in [0, 0.05) is 32.9 Å². The maximum Gasteiger partial charge on any atom is 0.242 e. The topological polar surface area (TPSA) is 69.7 Å². The van der Waals surface area contributed by atoms with Crippen LogP contribution in [0.25, 0.3) is 0 Å². The van der Waals surface area contributed by atoms with Crippen LogP contribution in [0, 0.1) is 18.8 Å². The summed E-state index contributed by atoms with van der Waals surface area (Å²) in [5.74, 6) is 1.07. The molecule has 1 saturated heterocycles. The van der Waals surface area contributed by atoms with E-state index in [4.69, 9.17) is 0 Å². The van der Waals surface area contributed by atoms with Crippen LogP contribution in [0.1, 0.15) is 25.8 Å². The van der Waals surface area contributed by atoms with Crippen molar-refractivity contribution in [1.82, 2.24) is 9.21 Å². The summed E-state index contributed by atoms with van der Waals surface area (Å²) in [5.41, 5.74) is 1.39. The molecule has 0 spiro atoms. The third-order valence-corrected chi connectivity index (χ3v) is 6.38. The molecule has 0 aromatic heterocycles. The maximum atomic E-state index is 12.4. The van der Waals surface area contributed by atoms with Crippen LogP contribution in [0.2, 0.25) is 0 Å². The van der Waals surface area contributed by atoms with Gasteiger partial charge in [-0.05, 0) is 42.9 Å². The number of rotatable bonds is 5. The zero-order valence-electron chi connectivity index (χ0n) is 15.7. The lowest BCUT2D eigenvalue weighted by molar-refractivity contribution is -0.117. The molecule has 1 aromatic carbocycles. The normalized spacial score (nSPS) is 22.2. The highest BCUT2D eigenvalue weighted by atomic mass is 32.2. The molecule has 140 valence electrons. The SMILES string of the molecule is Cc1ccc(S(=O)(=O)N(C)C)cc1NC(=O)CN1CC(C)CC(C)C1. The number of anilines is 1. The van der Waals surface area contributed by atoms with Crippen molar-refractivity contribution in [2.45, 2.75) is 32.1 Å². The fraction of sp³-hybridized carbons (Fsp3) is 0.611. The summed E-state index contributed by atoms with van der Waals surface area (Å²) in [5, 5.41) is 2.88. The first kappa shape index (κ1) is 19.9. The third-order valence-electron chi connectivity index (χ3n) is 4.57. The Balaban J connectivity index is 2.10. The van der Waals surface area contributed by atoms with Gasteiger partial charge in [-0.15, -0.1) is 0 Å². The molecule has 6 nitrogen and oxygen atoms in total. The van der Waals surface area contributed by atoms with Crippen molar-refractivity contribution in [3.8, 4) is 0 Å². The summed E-state index contributed by atoms with van der Waals surface area (Å²) in [6.07, 6.45) is 1.20. The molecule has 7 heteroatoms. The highest BCUT2D eigenvalue weighted by Crippen LogP contribution is 2.23. The van der Waals surface area contributed by atoms with E-state index in [1.807, 2.05) is 6.92 Å². The average Bonchev–Trinajstić information content (AvgIpc) is 2.47. The molecule has 1 heterocycles. The van der Waals surface area contributed by atoms with E-state index >= 15 is 0 Å². The average molecular weight is 368 g/mol. The van der Waals surface area contributed by atoms with E-state index in [1.54, 1.807) is 12.1 Å². The summed E-state index contributed by atoms with van der Waals surface area (Å²) in [6, 6.07) is 4.81. The van der Waals surface area contributed by atoms with Gasteiger partial charge < -0.3 is 5.32 Å². The third kappa shape index (κ3) is 5.03. The molecular weight excluding hydrogens is 338 g/mol. The monoisotopic (exact) mass is 367 g/mol. The molecule has 0 bridgehead atoms. The predicted molar refractivity (Wildman–Crippen MR) is 100 cm³/mol. The smallest absolute Gasteiger partial charge is 0.242 e. The standard InChI is InChI=1S/C18H29N3O3S/c1-13-8-14(2)11-21(10-13)12-18(22)19-17-9-16(7-6-15(17)3)25(23,24)20(4)5/h6-7,9,13-14H,8,10-12H2,1-5H3,(H,19,22). The second-order valence-corrected chi connectivity index (χ2v) is 9.60. The van der Waals surface area contributed by atoms with Gasteiger partial charge in [-0.3, -0.25) is 9.69 Å². The van der Waals surface area contributed by atoms with Crippen LogP contribution in [0.4, 0.5) is 5.69 Å². The quantitative estimate of drug-likeness (QED) is 0.866. The Bertz CT molecular complexity index is 721. The fourth-order valence-electron chi connectivity index (χ4n) is 3.42. The minimum atomic E-state index is -3.52. The van der Waals surface area contributed by atoms with E-state index in [0.29, 0.717) is 24.1 Å². The van der Waals surface area contributed by atoms with Crippen LogP contribution < -0.4 is 5.32 Å². The number of carbonyl (C=O) groups is 1. The molecule has 1 N–H and O–H groups in total. The van der Waals surface area contributed by atoms with E-state index in [-0.39, 0.29) is 10.8 Å². The number of sulfonamides is 1. The van der Waals surface area contributed by atoms with Crippen molar-refractivity contribution in [3.05, 3.63) is 23.8 Å². The van der Waals surface area contributed by atoms with Crippen molar-refractivity contribution in [2.24, 2.45) is 11.8 Å². The minimum absolute atomic E-state index is 0.108. The second-order valence-electron chi connectivity index (χ2n) is 7.45. The molecule has 1 aliphatic rings. The van der Waals surface area contributed by atoms with Gasteiger partial charge in [0.25, 0.3) is 0 Å².